The molecule has 0 radical (unpaired) electrons. The molecule has 3 aromatic heterocycles. The number of fused-ring (bicyclic) bond motifs is 1. The van der Waals surface area contributed by atoms with Crippen LogP contribution >= 0.6 is 0 Å². The number of rotatable bonds is 5. The highest BCUT2D eigenvalue weighted by atomic mass is 16.5. The Labute approximate surface area is 188 Å². The van der Waals surface area contributed by atoms with E-state index in [2.05, 4.69) is 25.2 Å². The first-order chi connectivity index (χ1) is 15.7. The third kappa shape index (κ3) is 3.89. The van der Waals surface area contributed by atoms with Crippen LogP contribution in [-0.2, 0) is 4.74 Å². The van der Waals surface area contributed by atoms with Crippen LogP contribution in [0, 0.1) is 6.92 Å². The summed E-state index contributed by atoms with van der Waals surface area (Å²) in [5.74, 6) is 0.436. The van der Waals surface area contributed by atoms with Gasteiger partial charge in [-0.1, -0.05) is 19.3 Å². The SMILES string of the molecule is Cc1ccnc2c1c(C(=O)NCC1(N3CCOCC3)CCCCC1)cn2-c1ncccn1. The number of hydrogen-bond acceptors (Lipinski definition) is 6. The van der Waals surface area contributed by atoms with Crippen molar-refractivity contribution in [2.24, 2.45) is 0 Å². The molecule has 1 N–H and O–H groups in total. The average Bonchev–Trinajstić information content (AvgIpc) is 3.25. The second-order valence-electron chi connectivity index (χ2n) is 8.86. The standard InChI is InChI=1S/C24H30N6O2/c1-18-6-11-25-21-20(18)19(16-30(21)23-26-9-5-10-27-23)22(31)28-17-24(7-3-2-4-8-24)29-12-14-32-15-13-29/h5-6,9-11,16H,2-4,7-8,12-15,17H2,1H3,(H,28,31). The minimum atomic E-state index is -0.0704. The fourth-order valence-electron chi connectivity index (χ4n) is 5.25. The predicted octanol–water partition coefficient (Wildman–Crippen LogP) is 2.89. The molecule has 1 aliphatic heterocycles. The highest BCUT2D eigenvalue weighted by Gasteiger charge is 2.39. The molecule has 1 aliphatic carbocycles. The van der Waals surface area contributed by atoms with E-state index in [9.17, 15) is 4.79 Å². The van der Waals surface area contributed by atoms with Gasteiger partial charge in [0.05, 0.1) is 18.8 Å². The zero-order chi connectivity index (χ0) is 22.0. The molecule has 8 nitrogen and oxygen atoms in total. The number of nitrogens with zero attached hydrogens (tertiary/aromatic N) is 5. The molecule has 4 heterocycles. The first-order valence-electron chi connectivity index (χ1n) is 11.5. The first-order valence-corrected chi connectivity index (χ1v) is 11.5. The van der Waals surface area contributed by atoms with E-state index in [1.807, 2.05) is 19.2 Å². The maximum absolute atomic E-state index is 13.5. The topological polar surface area (TPSA) is 85.2 Å². The number of morpholine rings is 1. The number of ether oxygens (including phenoxy) is 1. The second-order valence-corrected chi connectivity index (χ2v) is 8.86. The van der Waals surface area contributed by atoms with Crippen molar-refractivity contribution in [3.8, 4) is 5.95 Å². The van der Waals surface area contributed by atoms with Crippen LogP contribution in [0.4, 0.5) is 0 Å². The van der Waals surface area contributed by atoms with Crippen molar-refractivity contribution < 1.29 is 9.53 Å². The minimum absolute atomic E-state index is 0.0197. The fraction of sp³-hybridized carbons (Fsp3) is 0.500. The van der Waals surface area contributed by atoms with Gasteiger partial charge in [-0.25, -0.2) is 15.0 Å². The lowest BCUT2D eigenvalue weighted by Gasteiger charge is -2.48. The molecule has 1 saturated heterocycles. The lowest BCUT2D eigenvalue weighted by Crippen LogP contribution is -2.59. The van der Waals surface area contributed by atoms with Crippen molar-refractivity contribution in [2.45, 2.75) is 44.6 Å². The van der Waals surface area contributed by atoms with E-state index in [1.54, 1.807) is 29.2 Å². The Morgan fingerprint density at radius 1 is 1.09 bits per heavy atom. The van der Waals surface area contributed by atoms with Gasteiger partial charge in [0.25, 0.3) is 5.91 Å². The van der Waals surface area contributed by atoms with Crippen molar-refractivity contribution in [3.05, 3.63) is 48.0 Å². The van der Waals surface area contributed by atoms with Gasteiger partial charge in [0.15, 0.2) is 0 Å². The number of pyridine rings is 1. The number of nitrogens with one attached hydrogen (secondary N) is 1. The Hall–Kier alpha value is -2.84. The molecule has 0 aromatic carbocycles. The van der Waals surface area contributed by atoms with Crippen LogP contribution in [0.3, 0.4) is 0 Å². The van der Waals surface area contributed by atoms with E-state index in [-0.39, 0.29) is 11.4 Å². The summed E-state index contributed by atoms with van der Waals surface area (Å²) in [6.45, 7) is 6.07. The molecule has 1 amide bonds. The molecule has 3 aromatic rings. The summed E-state index contributed by atoms with van der Waals surface area (Å²) in [4.78, 5) is 29.3. The average molecular weight is 435 g/mol. The number of carbonyl (C=O) groups is 1. The number of aryl methyl sites for hydroxylation is 1. The van der Waals surface area contributed by atoms with Gasteiger partial charge in [-0.3, -0.25) is 14.3 Å². The van der Waals surface area contributed by atoms with Crippen LogP contribution < -0.4 is 5.32 Å². The molecule has 0 spiro atoms. The summed E-state index contributed by atoms with van der Waals surface area (Å²) in [5, 5.41) is 4.14. The predicted molar refractivity (Wildman–Crippen MR) is 122 cm³/mol. The highest BCUT2D eigenvalue weighted by Crippen LogP contribution is 2.34. The number of carbonyl (C=O) groups excluding carboxylic acids is 1. The van der Waals surface area contributed by atoms with E-state index in [0.29, 0.717) is 23.7 Å². The van der Waals surface area contributed by atoms with E-state index >= 15 is 0 Å². The van der Waals surface area contributed by atoms with Crippen LogP contribution in [0.5, 0.6) is 0 Å². The quantitative estimate of drug-likeness (QED) is 0.665. The Morgan fingerprint density at radius 2 is 1.84 bits per heavy atom. The maximum Gasteiger partial charge on any atom is 0.253 e. The summed E-state index contributed by atoms with van der Waals surface area (Å²) in [6, 6.07) is 3.71. The molecular weight excluding hydrogens is 404 g/mol. The van der Waals surface area contributed by atoms with E-state index < -0.39 is 0 Å². The third-order valence-electron chi connectivity index (χ3n) is 6.95. The van der Waals surface area contributed by atoms with Gasteiger partial charge in [0.2, 0.25) is 5.95 Å². The van der Waals surface area contributed by atoms with Crippen LogP contribution in [-0.4, -0.2) is 68.7 Å². The van der Waals surface area contributed by atoms with Crippen molar-refractivity contribution in [1.82, 2.24) is 29.7 Å². The molecule has 168 valence electrons. The summed E-state index contributed by atoms with van der Waals surface area (Å²) in [7, 11) is 0. The molecule has 2 fully saturated rings. The van der Waals surface area contributed by atoms with Crippen LogP contribution in [0.15, 0.2) is 36.9 Å². The van der Waals surface area contributed by atoms with Gasteiger partial charge < -0.3 is 10.1 Å². The Kier molecular flexibility index (Phi) is 5.89. The van der Waals surface area contributed by atoms with Gasteiger partial charge >= 0.3 is 0 Å². The van der Waals surface area contributed by atoms with Gasteiger partial charge in [-0.05, 0) is 37.5 Å². The number of amides is 1. The summed E-state index contributed by atoms with van der Waals surface area (Å²) < 4.78 is 7.39. The normalized spacial score (nSPS) is 19.2. The zero-order valence-corrected chi connectivity index (χ0v) is 18.6. The molecule has 0 unspecified atom stereocenters. The smallest absolute Gasteiger partial charge is 0.253 e. The fourth-order valence-corrected chi connectivity index (χ4v) is 5.25. The number of hydrogen-bond donors (Lipinski definition) is 1. The molecule has 1 saturated carbocycles. The molecule has 0 bridgehead atoms. The van der Waals surface area contributed by atoms with Crippen molar-refractivity contribution in [1.29, 1.82) is 0 Å². The van der Waals surface area contributed by atoms with Gasteiger partial charge in [-0.15, -0.1) is 0 Å². The second kappa shape index (κ2) is 8.96. The van der Waals surface area contributed by atoms with Crippen molar-refractivity contribution in [3.63, 3.8) is 0 Å². The molecule has 32 heavy (non-hydrogen) atoms. The third-order valence-corrected chi connectivity index (χ3v) is 6.95. The van der Waals surface area contributed by atoms with Crippen LogP contribution in [0.2, 0.25) is 0 Å². The van der Waals surface area contributed by atoms with Gasteiger partial charge in [0.1, 0.15) is 5.65 Å². The lowest BCUT2D eigenvalue weighted by molar-refractivity contribution is -0.0361. The summed E-state index contributed by atoms with van der Waals surface area (Å²) in [5.41, 5.74) is 2.34. The minimum Gasteiger partial charge on any atom is -0.379 e. The Balaban J connectivity index is 1.44. The highest BCUT2D eigenvalue weighted by molar-refractivity contribution is 6.07. The van der Waals surface area contributed by atoms with Gasteiger partial charge in [0, 0.05) is 55.3 Å². The monoisotopic (exact) mass is 434 g/mol. The number of aromatic nitrogens is 4. The van der Waals surface area contributed by atoms with Crippen molar-refractivity contribution in [2.75, 3.05) is 32.8 Å². The largest absolute Gasteiger partial charge is 0.379 e. The van der Waals surface area contributed by atoms with E-state index in [4.69, 9.17) is 4.74 Å². The molecule has 2 aliphatic rings. The maximum atomic E-state index is 13.5. The summed E-state index contributed by atoms with van der Waals surface area (Å²) >= 11 is 0. The van der Waals surface area contributed by atoms with Gasteiger partial charge in [-0.2, -0.15) is 0 Å². The van der Waals surface area contributed by atoms with E-state index in [1.165, 1.54) is 19.3 Å². The molecule has 5 rings (SSSR count). The lowest BCUT2D eigenvalue weighted by atomic mass is 9.79. The Bertz CT molecular complexity index is 1080. The summed E-state index contributed by atoms with van der Waals surface area (Å²) in [6.07, 6.45) is 12.9. The molecule has 0 atom stereocenters. The first kappa shape index (κ1) is 21.0. The molecule has 8 heteroatoms. The molecular formula is C24H30N6O2. The zero-order valence-electron chi connectivity index (χ0n) is 18.6. The van der Waals surface area contributed by atoms with E-state index in [0.717, 1.165) is 50.1 Å². The van der Waals surface area contributed by atoms with Crippen LogP contribution in [0.1, 0.15) is 48.0 Å². The Morgan fingerprint density at radius 3 is 2.59 bits per heavy atom. The van der Waals surface area contributed by atoms with Crippen molar-refractivity contribution >= 4 is 16.9 Å². The van der Waals surface area contributed by atoms with Crippen LogP contribution in [0.25, 0.3) is 17.0 Å².